The summed E-state index contributed by atoms with van der Waals surface area (Å²) in [6.45, 7) is 0.533. The van der Waals surface area contributed by atoms with E-state index >= 15 is 0 Å². The molecule has 0 amide bonds. The van der Waals surface area contributed by atoms with E-state index in [1.807, 2.05) is 18.2 Å². The third kappa shape index (κ3) is 4.63. The van der Waals surface area contributed by atoms with Crippen LogP contribution in [0.4, 0.5) is 5.82 Å². The summed E-state index contributed by atoms with van der Waals surface area (Å²) in [5, 5.41) is 3.53. The number of halogens is 1. The number of aromatic nitrogens is 2. The molecule has 0 spiro atoms. The van der Waals surface area contributed by atoms with E-state index in [1.54, 1.807) is 51.9 Å². The molecule has 8 heteroatoms. The van der Waals surface area contributed by atoms with Gasteiger partial charge < -0.3 is 19.5 Å². The average molecular weight is 416 g/mol. The molecule has 0 aliphatic heterocycles. The summed E-state index contributed by atoms with van der Waals surface area (Å²) < 4.78 is 17.2. The van der Waals surface area contributed by atoms with Crippen molar-refractivity contribution in [1.29, 1.82) is 0 Å². The number of hydrogen-bond donors (Lipinski definition) is 1. The molecule has 0 bridgehead atoms. The average Bonchev–Trinajstić information content (AvgIpc) is 2.74. The van der Waals surface area contributed by atoms with Crippen LogP contribution >= 0.6 is 11.6 Å². The Morgan fingerprint density at radius 3 is 2.41 bits per heavy atom. The number of methoxy groups -OCH3 is 3. The Kier molecular flexibility index (Phi) is 6.61. The minimum atomic E-state index is -0.263. The van der Waals surface area contributed by atoms with Crippen molar-refractivity contribution in [3.8, 4) is 22.9 Å². The van der Waals surface area contributed by atoms with Gasteiger partial charge in [0.05, 0.1) is 32.0 Å². The van der Waals surface area contributed by atoms with E-state index in [1.165, 1.54) is 4.57 Å². The Hall–Kier alpha value is -3.19. The van der Waals surface area contributed by atoms with Gasteiger partial charge >= 0.3 is 0 Å². The molecule has 0 unspecified atom stereocenters. The van der Waals surface area contributed by atoms with Crippen molar-refractivity contribution in [2.45, 2.75) is 6.42 Å². The second-order valence-electron chi connectivity index (χ2n) is 6.14. The van der Waals surface area contributed by atoms with Crippen LogP contribution in [0.25, 0.3) is 5.69 Å². The number of rotatable bonds is 8. The maximum atomic E-state index is 12.8. The first-order valence-corrected chi connectivity index (χ1v) is 9.31. The van der Waals surface area contributed by atoms with E-state index in [0.717, 1.165) is 5.56 Å². The Morgan fingerprint density at radius 2 is 1.72 bits per heavy atom. The van der Waals surface area contributed by atoms with Crippen LogP contribution in [-0.4, -0.2) is 37.4 Å². The van der Waals surface area contributed by atoms with Gasteiger partial charge in [-0.15, -0.1) is 0 Å². The van der Waals surface area contributed by atoms with Crippen molar-refractivity contribution < 1.29 is 14.2 Å². The predicted molar refractivity (Wildman–Crippen MR) is 113 cm³/mol. The van der Waals surface area contributed by atoms with Crippen LogP contribution in [0, 0.1) is 0 Å². The first kappa shape index (κ1) is 20.5. The van der Waals surface area contributed by atoms with Crippen molar-refractivity contribution >= 4 is 17.4 Å². The van der Waals surface area contributed by atoms with E-state index in [0.29, 0.717) is 40.9 Å². The molecular formula is C21H22ClN3O4. The van der Waals surface area contributed by atoms with Crippen molar-refractivity contribution in [2.75, 3.05) is 33.2 Å². The predicted octanol–water partition coefficient (Wildman–Crippen LogP) is 3.57. The summed E-state index contributed by atoms with van der Waals surface area (Å²) in [5.41, 5.74) is 1.42. The van der Waals surface area contributed by atoms with Crippen LogP contribution in [0.1, 0.15) is 5.56 Å². The van der Waals surface area contributed by atoms with E-state index in [4.69, 9.17) is 25.8 Å². The van der Waals surface area contributed by atoms with Crippen molar-refractivity contribution in [3.05, 3.63) is 69.7 Å². The fourth-order valence-electron chi connectivity index (χ4n) is 2.90. The standard InChI is InChI=1S/C21H22ClN3O4/c1-27-17-7-5-15(13-16(17)22)25-11-10-24-20(21(25)26)23-9-8-14-4-6-18(28-2)19(12-14)29-3/h4-7,10-13H,8-9H2,1-3H3,(H,23,24). The molecule has 0 radical (unpaired) electrons. The van der Waals surface area contributed by atoms with Crippen molar-refractivity contribution in [1.82, 2.24) is 9.55 Å². The maximum absolute atomic E-state index is 12.8. The maximum Gasteiger partial charge on any atom is 0.297 e. The molecule has 3 rings (SSSR count). The summed E-state index contributed by atoms with van der Waals surface area (Å²) in [6.07, 6.45) is 3.85. The zero-order valence-electron chi connectivity index (χ0n) is 16.4. The van der Waals surface area contributed by atoms with E-state index < -0.39 is 0 Å². The van der Waals surface area contributed by atoms with Crippen LogP contribution in [0.2, 0.25) is 5.02 Å². The van der Waals surface area contributed by atoms with E-state index in [9.17, 15) is 4.79 Å². The summed E-state index contributed by atoms with van der Waals surface area (Å²) >= 11 is 6.18. The fraction of sp³-hybridized carbons (Fsp3) is 0.238. The highest BCUT2D eigenvalue weighted by atomic mass is 35.5. The summed E-state index contributed by atoms with van der Waals surface area (Å²) in [7, 11) is 4.74. The van der Waals surface area contributed by atoms with Gasteiger partial charge in [-0.2, -0.15) is 0 Å². The molecule has 152 valence electrons. The molecule has 1 aromatic heterocycles. The number of hydrogen-bond acceptors (Lipinski definition) is 6. The largest absolute Gasteiger partial charge is 0.495 e. The first-order chi connectivity index (χ1) is 14.1. The lowest BCUT2D eigenvalue weighted by Crippen LogP contribution is -2.24. The molecule has 1 heterocycles. The molecule has 7 nitrogen and oxygen atoms in total. The SMILES string of the molecule is COc1ccc(-n2ccnc(NCCc3ccc(OC)c(OC)c3)c2=O)cc1Cl. The number of ether oxygens (including phenoxy) is 3. The number of nitrogens with zero attached hydrogens (tertiary/aromatic N) is 2. The van der Waals surface area contributed by atoms with Gasteiger partial charge in [-0.25, -0.2) is 4.98 Å². The molecule has 1 N–H and O–H groups in total. The molecule has 0 atom stereocenters. The molecule has 0 saturated heterocycles. The molecule has 3 aromatic rings. The molecule has 0 fully saturated rings. The van der Waals surface area contributed by atoms with Gasteiger partial charge in [0.2, 0.25) is 0 Å². The molecule has 29 heavy (non-hydrogen) atoms. The second-order valence-corrected chi connectivity index (χ2v) is 6.54. The first-order valence-electron chi connectivity index (χ1n) is 8.93. The normalized spacial score (nSPS) is 10.5. The lowest BCUT2D eigenvalue weighted by Gasteiger charge is -2.12. The Labute approximate surface area is 173 Å². The van der Waals surface area contributed by atoms with E-state index in [-0.39, 0.29) is 11.4 Å². The minimum Gasteiger partial charge on any atom is -0.495 e. The third-order valence-corrected chi connectivity index (χ3v) is 4.70. The topological polar surface area (TPSA) is 74.6 Å². The molecule has 2 aromatic carbocycles. The number of anilines is 1. The van der Waals surface area contributed by atoms with Crippen LogP contribution in [0.5, 0.6) is 17.2 Å². The molecule has 0 saturated carbocycles. The second kappa shape index (κ2) is 9.34. The summed E-state index contributed by atoms with van der Waals surface area (Å²) in [4.78, 5) is 17.0. The highest BCUT2D eigenvalue weighted by Crippen LogP contribution is 2.28. The van der Waals surface area contributed by atoms with Crippen LogP contribution in [0.3, 0.4) is 0 Å². The smallest absolute Gasteiger partial charge is 0.297 e. The zero-order valence-corrected chi connectivity index (χ0v) is 17.2. The van der Waals surface area contributed by atoms with Crippen LogP contribution < -0.4 is 25.1 Å². The molecule has 0 aliphatic rings. The molecule has 0 aliphatic carbocycles. The van der Waals surface area contributed by atoms with Crippen molar-refractivity contribution in [2.24, 2.45) is 0 Å². The lowest BCUT2D eigenvalue weighted by atomic mass is 10.1. The van der Waals surface area contributed by atoms with Gasteiger partial charge in [-0.05, 0) is 42.3 Å². The fourth-order valence-corrected chi connectivity index (χ4v) is 3.15. The monoisotopic (exact) mass is 415 g/mol. The number of nitrogens with one attached hydrogen (secondary N) is 1. The highest BCUT2D eigenvalue weighted by Gasteiger charge is 2.09. The number of benzene rings is 2. The summed E-state index contributed by atoms with van der Waals surface area (Å²) in [5.74, 6) is 2.15. The van der Waals surface area contributed by atoms with Gasteiger partial charge in [-0.3, -0.25) is 9.36 Å². The Bertz CT molecular complexity index is 1050. The van der Waals surface area contributed by atoms with Crippen LogP contribution in [-0.2, 0) is 6.42 Å². The Morgan fingerprint density at radius 1 is 1.00 bits per heavy atom. The van der Waals surface area contributed by atoms with Crippen LogP contribution in [0.15, 0.2) is 53.6 Å². The Balaban J connectivity index is 1.74. The third-order valence-electron chi connectivity index (χ3n) is 4.41. The molecular weight excluding hydrogens is 394 g/mol. The highest BCUT2D eigenvalue weighted by molar-refractivity contribution is 6.32. The quantitative estimate of drug-likeness (QED) is 0.606. The van der Waals surface area contributed by atoms with Gasteiger partial charge in [0.25, 0.3) is 5.56 Å². The van der Waals surface area contributed by atoms with Gasteiger partial charge in [0.1, 0.15) is 5.75 Å². The van der Waals surface area contributed by atoms with Crippen molar-refractivity contribution in [3.63, 3.8) is 0 Å². The van der Waals surface area contributed by atoms with Gasteiger partial charge in [-0.1, -0.05) is 17.7 Å². The van der Waals surface area contributed by atoms with Gasteiger partial charge in [0.15, 0.2) is 17.3 Å². The van der Waals surface area contributed by atoms with Gasteiger partial charge in [0, 0.05) is 18.9 Å². The minimum absolute atomic E-state index is 0.263. The van der Waals surface area contributed by atoms with E-state index in [2.05, 4.69) is 10.3 Å². The zero-order chi connectivity index (χ0) is 20.8. The summed E-state index contributed by atoms with van der Waals surface area (Å²) in [6, 6.07) is 10.9. The lowest BCUT2D eigenvalue weighted by molar-refractivity contribution is 0.354.